The number of carbonyl (C=O) groups is 2. The lowest BCUT2D eigenvalue weighted by Crippen LogP contribution is -2.14. The second-order valence-electron chi connectivity index (χ2n) is 5.90. The molecule has 0 saturated carbocycles. The summed E-state index contributed by atoms with van der Waals surface area (Å²) in [6, 6.07) is 7.63. The first-order chi connectivity index (χ1) is 13.5. The van der Waals surface area contributed by atoms with Gasteiger partial charge in [-0.15, -0.1) is 0 Å². The molecule has 1 aliphatic rings. The number of rotatable bonds is 6. The van der Waals surface area contributed by atoms with Crippen LogP contribution >= 0.6 is 11.6 Å². The van der Waals surface area contributed by atoms with Gasteiger partial charge >= 0.3 is 5.97 Å². The first-order valence-corrected chi connectivity index (χ1v) is 8.92. The maximum Gasteiger partial charge on any atom is 0.338 e. The third-order valence-corrected chi connectivity index (χ3v) is 4.36. The quantitative estimate of drug-likeness (QED) is 0.536. The minimum Gasteiger partial charge on any atom is -0.493 e. The van der Waals surface area contributed by atoms with Gasteiger partial charge in [0.2, 0.25) is 0 Å². The summed E-state index contributed by atoms with van der Waals surface area (Å²) in [6.45, 7) is 0.510. The van der Waals surface area contributed by atoms with Crippen LogP contribution in [0.1, 0.15) is 27.1 Å². The molecule has 2 aromatic carbocycles. The molecule has 0 radical (unpaired) electrons. The number of ketones is 1. The lowest BCUT2D eigenvalue weighted by Gasteiger charge is -2.12. The predicted octanol–water partition coefficient (Wildman–Crippen LogP) is 3.56. The zero-order chi connectivity index (χ0) is 20.1. The van der Waals surface area contributed by atoms with E-state index in [1.807, 2.05) is 0 Å². The molecule has 0 unspecified atom stereocenters. The topological polar surface area (TPSA) is 80.3 Å². The van der Waals surface area contributed by atoms with Crippen molar-refractivity contribution in [2.24, 2.45) is 0 Å². The summed E-state index contributed by atoms with van der Waals surface area (Å²) < 4.78 is 26.5. The van der Waals surface area contributed by atoms with Crippen LogP contribution in [0.15, 0.2) is 30.3 Å². The maximum atomic E-state index is 12.4. The Morgan fingerprint density at radius 3 is 2.50 bits per heavy atom. The number of esters is 1. The SMILES string of the molecule is COc1ccc(C(=O)COC(=O)c2cc(Cl)c3c(c2)OCCCO3)cc1OC. The van der Waals surface area contributed by atoms with E-state index in [0.717, 1.165) is 0 Å². The zero-order valence-electron chi connectivity index (χ0n) is 15.5. The molecule has 0 aromatic heterocycles. The lowest BCUT2D eigenvalue weighted by atomic mass is 10.1. The monoisotopic (exact) mass is 406 g/mol. The Labute approximate surface area is 167 Å². The second-order valence-corrected chi connectivity index (χ2v) is 6.31. The van der Waals surface area contributed by atoms with Gasteiger partial charge in [-0.25, -0.2) is 4.79 Å². The van der Waals surface area contributed by atoms with E-state index in [2.05, 4.69) is 0 Å². The highest BCUT2D eigenvalue weighted by Gasteiger charge is 2.20. The number of fused-ring (bicyclic) bond motifs is 1. The van der Waals surface area contributed by atoms with Crippen molar-refractivity contribution in [1.29, 1.82) is 0 Å². The van der Waals surface area contributed by atoms with Gasteiger partial charge in [-0.1, -0.05) is 11.6 Å². The van der Waals surface area contributed by atoms with Crippen molar-refractivity contribution in [3.8, 4) is 23.0 Å². The Morgan fingerprint density at radius 2 is 1.75 bits per heavy atom. The maximum absolute atomic E-state index is 12.4. The normalized spacial score (nSPS) is 12.7. The second kappa shape index (κ2) is 8.84. The molecule has 1 heterocycles. The fourth-order valence-corrected chi connectivity index (χ4v) is 2.92. The van der Waals surface area contributed by atoms with E-state index < -0.39 is 12.6 Å². The molecule has 3 rings (SSSR count). The van der Waals surface area contributed by atoms with Crippen LogP contribution in [0.5, 0.6) is 23.0 Å². The number of carbonyl (C=O) groups excluding carboxylic acids is 2. The first-order valence-electron chi connectivity index (χ1n) is 8.55. The molecular formula is C20H19ClO7. The summed E-state index contributed by atoms with van der Waals surface area (Å²) in [7, 11) is 2.97. The molecule has 7 nitrogen and oxygen atoms in total. The highest BCUT2D eigenvalue weighted by molar-refractivity contribution is 6.32. The fraction of sp³-hybridized carbons (Fsp3) is 0.300. The van der Waals surface area contributed by atoms with Gasteiger partial charge in [-0.05, 0) is 30.3 Å². The third-order valence-electron chi connectivity index (χ3n) is 4.08. The summed E-state index contributed by atoms with van der Waals surface area (Å²) in [5.41, 5.74) is 0.511. The van der Waals surface area contributed by atoms with E-state index >= 15 is 0 Å². The zero-order valence-corrected chi connectivity index (χ0v) is 16.2. The minimum absolute atomic E-state index is 0.175. The van der Waals surface area contributed by atoms with Crippen molar-refractivity contribution in [3.05, 3.63) is 46.5 Å². The van der Waals surface area contributed by atoms with Crippen LogP contribution in [0, 0.1) is 0 Å². The van der Waals surface area contributed by atoms with Crippen molar-refractivity contribution >= 4 is 23.4 Å². The van der Waals surface area contributed by atoms with E-state index in [1.165, 1.54) is 32.4 Å². The van der Waals surface area contributed by atoms with E-state index in [-0.39, 0.29) is 16.4 Å². The van der Waals surface area contributed by atoms with E-state index in [1.54, 1.807) is 12.1 Å². The molecule has 1 aliphatic heterocycles. The molecule has 0 atom stereocenters. The number of benzene rings is 2. The third kappa shape index (κ3) is 4.31. The van der Waals surface area contributed by atoms with Gasteiger partial charge in [0.15, 0.2) is 35.4 Å². The number of ether oxygens (including phenoxy) is 5. The molecular weight excluding hydrogens is 388 g/mol. The van der Waals surface area contributed by atoms with Crippen molar-refractivity contribution in [3.63, 3.8) is 0 Å². The van der Waals surface area contributed by atoms with Gasteiger partial charge in [0.1, 0.15) is 0 Å². The van der Waals surface area contributed by atoms with Crippen LogP contribution in [0.25, 0.3) is 0 Å². The molecule has 0 spiro atoms. The Balaban J connectivity index is 1.69. The van der Waals surface area contributed by atoms with Crippen molar-refractivity contribution in [2.45, 2.75) is 6.42 Å². The molecule has 0 amide bonds. The van der Waals surface area contributed by atoms with E-state index in [0.29, 0.717) is 48.2 Å². The van der Waals surface area contributed by atoms with Crippen molar-refractivity contribution < 1.29 is 33.3 Å². The number of Topliss-reactive ketones (excluding diaryl/α,β-unsaturated/α-hetero) is 1. The van der Waals surface area contributed by atoms with Crippen molar-refractivity contribution in [1.82, 2.24) is 0 Å². The highest BCUT2D eigenvalue weighted by Crippen LogP contribution is 2.38. The van der Waals surface area contributed by atoms with E-state index in [9.17, 15) is 9.59 Å². The summed E-state index contributed by atoms with van der Waals surface area (Å²) in [5, 5.41) is 0.248. The molecule has 8 heteroatoms. The highest BCUT2D eigenvalue weighted by atomic mass is 35.5. The number of hydrogen-bond donors (Lipinski definition) is 0. The van der Waals surface area contributed by atoms with Crippen LogP contribution < -0.4 is 18.9 Å². The van der Waals surface area contributed by atoms with E-state index in [4.69, 9.17) is 35.3 Å². The summed E-state index contributed by atoms with van der Waals surface area (Å²) in [6.07, 6.45) is 0.713. The van der Waals surface area contributed by atoms with Crippen molar-refractivity contribution in [2.75, 3.05) is 34.0 Å². The van der Waals surface area contributed by atoms with Crippen LogP contribution in [-0.4, -0.2) is 45.8 Å². The minimum atomic E-state index is -0.689. The smallest absolute Gasteiger partial charge is 0.338 e. The predicted molar refractivity (Wildman–Crippen MR) is 101 cm³/mol. The molecule has 28 heavy (non-hydrogen) atoms. The molecule has 0 saturated heterocycles. The average molecular weight is 407 g/mol. The molecule has 0 bridgehead atoms. The molecule has 0 N–H and O–H groups in total. The number of methoxy groups -OCH3 is 2. The Kier molecular flexibility index (Phi) is 6.26. The van der Waals surface area contributed by atoms with Gasteiger partial charge in [0.05, 0.1) is 38.0 Å². The Bertz CT molecular complexity index is 894. The molecule has 0 fully saturated rings. The average Bonchev–Trinajstić information content (AvgIpc) is 2.97. The van der Waals surface area contributed by atoms with Crippen LogP contribution in [0.2, 0.25) is 5.02 Å². The standard InChI is InChI=1S/C20H19ClO7/c1-24-16-5-4-12(9-17(16)25-2)15(22)11-28-20(23)13-8-14(21)19-18(10-13)26-6-3-7-27-19/h4-5,8-10H,3,6-7,11H2,1-2H3. The molecule has 2 aromatic rings. The Hall–Kier alpha value is -2.93. The molecule has 148 valence electrons. The van der Waals surface area contributed by atoms with Crippen LogP contribution in [-0.2, 0) is 4.74 Å². The van der Waals surface area contributed by atoms with Gasteiger partial charge in [-0.2, -0.15) is 0 Å². The number of halogens is 1. The largest absolute Gasteiger partial charge is 0.493 e. The lowest BCUT2D eigenvalue weighted by molar-refractivity contribution is 0.0474. The van der Waals surface area contributed by atoms with Crippen LogP contribution in [0.3, 0.4) is 0 Å². The summed E-state index contributed by atoms with van der Waals surface area (Å²) >= 11 is 6.18. The van der Waals surface area contributed by atoms with Crippen LogP contribution in [0.4, 0.5) is 0 Å². The number of hydrogen-bond acceptors (Lipinski definition) is 7. The summed E-state index contributed by atoms with van der Waals surface area (Å²) in [5.74, 6) is 0.619. The van der Waals surface area contributed by atoms with Gasteiger partial charge < -0.3 is 23.7 Å². The van der Waals surface area contributed by atoms with Gasteiger partial charge in [-0.3, -0.25) is 4.79 Å². The first kappa shape index (κ1) is 19.8. The van der Waals surface area contributed by atoms with Gasteiger partial charge in [0, 0.05) is 12.0 Å². The fourth-order valence-electron chi connectivity index (χ4n) is 2.66. The summed E-state index contributed by atoms with van der Waals surface area (Å²) in [4.78, 5) is 24.7. The van der Waals surface area contributed by atoms with Gasteiger partial charge in [0.25, 0.3) is 0 Å². The molecule has 0 aliphatic carbocycles. The Morgan fingerprint density at radius 1 is 1.00 bits per heavy atom.